The SMILES string of the molecule is Clc1cccc(CN2CCC(Nc3ccnc(N4CCOCC4)n3)CC2)c1. The Hall–Kier alpha value is -1.89. The number of nitrogens with one attached hydrogen (secondary N) is 1. The highest BCUT2D eigenvalue weighted by atomic mass is 35.5. The number of piperidine rings is 1. The van der Waals surface area contributed by atoms with Gasteiger partial charge in [0.05, 0.1) is 13.2 Å². The fourth-order valence-electron chi connectivity index (χ4n) is 3.68. The van der Waals surface area contributed by atoms with Crippen molar-refractivity contribution in [2.45, 2.75) is 25.4 Å². The summed E-state index contributed by atoms with van der Waals surface area (Å²) in [4.78, 5) is 13.8. The molecule has 0 amide bonds. The van der Waals surface area contributed by atoms with Crippen molar-refractivity contribution < 1.29 is 4.74 Å². The topological polar surface area (TPSA) is 53.5 Å². The predicted molar refractivity (Wildman–Crippen MR) is 108 cm³/mol. The lowest BCUT2D eigenvalue weighted by atomic mass is 10.0. The van der Waals surface area contributed by atoms with Crippen LogP contribution in [0.25, 0.3) is 0 Å². The van der Waals surface area contributed by atoms with Gasteiger partial charge in [0.15, 0.2) is 0 Å². The van der Waals surface area contributed by atoms with Crippen LogP contribution >= 0.6 is 11.6 Å². The third-order valence-corrected chi connectivity index (χ3v) is 5.41. The Morgan fingerprint density at radius 3 is 2.70 bits per heavy atom. The molecule has 27 heavy (non-hydrogen) atoms. The Kier molecular flexibility index (Phi) is 6.07. The van der Waals surface area contributed by atoms with E-state index in [0.29, 0.717) is 6.04 Å². The Morgan fingerprint density at radius 1 is 1.11 bits per heavy atom. The number of nitrogens with zero attached hydrogens (tertiary/aromatic N) is 4. The average Bonchev–Trinajstić information content (AvgIpc) is 2.70. The minimum atomic E-state index is 0.452. The van der Waals surface area contributed by atoms with Crippen molar-refractivity contribution in [3.8, 4) is 0 Å². The molecule has 3 heterocycles. The molecule has 6 nitrogen and oxygen atoms in total. The first-order valence-electron chi connectivity index (χ1n) is 9.65. The van der Waals surface area contributed by atoms with Crippen LogP contribution in [0.2, 0.25) is 5.02 Å². The molecule has 2 aliphatic heterocycles. The summed E-state index contributed by atoms with van der Waals surface area (Å²) in [6, 6.07) is 10.6. The van der Waals surface area contributed by atoms with Gasteiger partial charge in [0.2, 0.25) is 5.95 Å². The van der Waals surface area contributed by atoms with Crippen molar-refractivity contribution in [1.29, 1.82) is 0 Å². The second-order valence-electron chi connectivity index (χ2n) is 7.17. The zero-order valence-corrected chi connectivity index (χ0v) is 16.2. The molecule has 1 N–H and O–H groups in total. The molecule has 2 aliphatic rings. The highest BCUT2D eigenvalue weighted by Crippen LogP contribution is 2.20. The number of hydrogen-bond donors (Lipinski definition) is 1. The van der Waals surface area contributed by atoms with Gasteiger partial charge in [-0.1, -0.05) is 23.7 Å². The third kappa shape index (κ3) is 5.09. The van der Waals surface area contributed by atoms with Gasteiger partial charge in [0, 0.05) is 50.0 Å². The number of ether oxygens (including phenoxy) is 1. The standard InChI is InChI=1S/C20H26ClN5O/c21-17-3-1-2-16(14-17)15-25-8-5-18(6-9-25)23-19-4-7-22-20(24-19)26-10-12-27-13-11-26/h1-4,7,14,18H,5-6,8-13,15H2,(H,22,23,24). The average molecular weight is 388 g/mol. The van der Waals surface area contributed by atoms with E-state index in [-0.39, 0.29) is 0 Å². The first kappa shape index (κ1) is 18.5. The second-order valence-corrected chi connectivity index (χ2v) is 7.60. The van der Waals surface area contributed by atoms with Crippen molar-refractivity contribution >= 4 is 23.4 Å². The quantitative estimate of drug-likeness (QED) is 0.851. The van der Waals surface area contributed by atoms with Gasteiger partial charge in [-0.15, -0.1) is 0 Å². The summed E-state index contributed by atoms with van der Waals surface area (Å²) in [6.45, 7) is 6.30. The number of benzene rings is 1. The molecule has 1 aromatic carbocycles. The Labute approximate surface area is 165 Å². The maximum Gasteiger partial charge on any atom is 0.227 e. The van der Waals surface area contributed by atoms with Gasteiger partial charge >= 0.3 is 0 Å². The molecule has 7 heteroatoms. The summed E-state index contributed by atoms with van der Waals surface area (Å²) in [5.74, 6) is 1.71. The molecule has 1 aromatic heterocycles. The van der Waals surface area contributed by atoms with Gasteiger partial charge < -0.3 is 15.0 Å². The fourth-order valence-corrected chi connectivity index (χ4v) is 3.90. The number of halogens is 1. The fraction of sp³-hybridized carbons (Fsp3) is 0.500. The molecule has 4 rings (SSSR count). The van der Waals surface area contributed by atoms with Crippen LogP contribution in [0.5, 0.6) is 0 Å². The van der Waals surface area contributed by atoms with E-state index in [1.807, 2.05) is 24.4 Å². The lowest BCUT2D eigenvalue weighted by Crippen LogP contribution is -2.39. The van der Waals surface area contributed by atoms with Gasteiger partial charge in [-0.3, -0.25) is 4.90 Å². The summed E-state index contributed by atoms with van der Waals surface area (Å²) < 4.78 is 5.41. The Morgan fingerprint density at radius 2 is 1.93 bits per heavy atom. The largest absolute Gasteiger partial charge is 0.378 e. The predicted octanol–water partition coefficient (Wildman–Crippen LogP) is 3.04. The first-order chi connectivity index (χ1) is 13.3. The van der Waals surface area contributed by atoms with Gasteiger partial charge in [0.25, 0.3) is 0 Å². The number of rotatable bonds is 5. The van der Waals surface area contributed by atoms with Gasteiger partial charge in [-0.25, -0.2) is 4.98 Å². The number of morpholine rings is 1. The minimum Gasteiger partial charge on any atom is -0.378 e. The van der Waals surface area contributed by atoms with Crippen LogP contribution in [0.15, 0.2) is 36.5 Å². The van der Waals surface area contributed by atoms with E-state index >= 15 is 0 Å². The summed E-state index contributed by atoms with van der Waals surface area (Å²) >= 11 is 6.09. The van der Waals surface area contributed by atoms with E-state index in [1.54, 1.807) is 0 Å². The second kappa shape index (κ2) is 8.87. The monoisotopic (exact) mass is 387 g/mol. The van der Waals surface area contributed by atoms with E-state index in [0.717, 1.165) is 75.6 Å². The third-order valence-electron chi connectivity index (χ3n) is 5.17. The van der Waals surface area contributed by atoms with Crippen molar-refractivity contribution in [3.63, 3.8) is 0 Å². The van der Waals surface area contributed by atoms with Gasteiger partial charge in [-0.05, 0) is 36.6 Å². The number of likely N-dealkylation sites (tertiary alicyclic amines) is 1. The highest BCUT2D eigenvalue weighted by molar-refractivity contribution is 6.30. The van der Waals surface area contributed by atoms with Crippen molar-refractivity contribution in [3.05, 3.63) is 47.1 Å². The van der Waals surface area contributed by atoms with E-state index in [2.05, 4.69) is 32.2 Å². The molecular weight excluding hydrogens is 362 g/mol. The smallest absolute Gasteiger partial charge is 0.227 e. The van der Waals surface area contributed by atoms with E-state index in [4.69, 9.17) is 21.3 Å². The Bertz CT molecular complexity index is 745. The molecule has 0 atom stereocenters. The molecule has 2 saturated heterocycles. The van der Waals surface area contributed by atoms with Crippen LogP contribution < -0.4 is 10.2 Å². The zero-order valence-electron chi connectivity index (χ0n) is 15.5. The molecule has 2 fully saturated rings. The van der Waals surface area contributed by atoms with Crippen molar-refractivity contribution in [1.82, 2.24) is 14.9 Å². The zero-order chi connectivity index (χ0) is 18.5. The molecule has 0 bridgehead atoms. The molecule has 0 spiro atoms. The number of anilines is 2. The van der Waals surface area contributed by atoms with Crippen LogP contribution in [-0.2, 0) is 11.3 Å². The van der Waals surface area contributed by atoms with Crippen LogP contribution in [0.4, 0.5) is 11.8 Å². The van der Waals surface area contributed by atoms with Crippen molar-refractivity contribution in [2.24, 2.45) is 0 Å². The van der Waals surface area contributed by atoms with Crippen LogP contribution in [0, 0.1) is 0 Å². The van der Waals surface area contributed by atoms with Gasteiger partial charge in [0.1, 0.15) is 5.82 Å². The first-order valence-corrected chi connectivity index (χ1v) is 10.0. The number of hydrogen-bond acceptors (Lipinski definition) is 6. The molecular formula is C20H26ClN5O. The summed E-state index contributed by atoms with van der Waals surface area (Å²) in [5.41, 5.74) is 1.28. The molecule has 0 radical (unpaired) electrons. The van der Waals surface area contributed by atoms with Crippen LogP contribution in [-0.4, -0.2) is 60.3 Å². The van der Waals surface area contributed by atoms with E-state index in [9.17, 15) is 0 Å². The molecule has 2 aromatic rings. The van der Waals surface area contributed by atoms with Gasteiger partial charge in [-0.2, -0.15) is 4.98 Å². The van der Waals surface area contributed by atoms with E-state index in [1.165, 1.54) is 5.56 Å². The summed E-state index contributed by atoms with van der Waals surface area (Å²) in [7, 11) is 0. The Balaban J connectivity index is 1.29. The lowest BCUT2D eigenvalue weighted by molar-refractivity contribution is 0.122. The normalized spacial score (nSPS) is 19.2. The maximum atomic E-state index is 6.09. The minimum absolute atomic E-state index is 0.452. The maximum absolute atomic E-state index is 6.09. The van der Waals surface area contributed by atoms with Crippen LogP contribution in [0.1, 0.15) is 18.4 Å². The number of aromatic nitrogens is 2. The molecule has 0 aliphatic carbocycles. The molecule has 0 unspecified atom stereocenters. The lowest BCUT2D eigenvalue weighted by Gasteiger charge is -2.33. The highest BCUT2D eigenvalue weighted by Gasteiger charge is 2.20. The van der Waals surface area contributed by atoms with E-state index < -0.39 is 0 Å². The summed E-state index contributed by atoms with van der Waals surface area (Å²) in [5, 5.41) is 4.41. The van der Waals surface area contributed by atoms with Crippen LogP contribution in [0.3, 0.4) is 0 Å². The molecule has 0 saturated carbocycles. The summed E-state index contributed by atoms with van der Waals surface area (Å²) in [6.07, 6.45) is 4.06. The van der Waals surface area contributed by atoms with Crippen molar-refractivity contribution in [2.75, 3.05) is 49.6 Å². The molecule has 144 valence electrons.